The summed E-state index contributed by atoms with van der Waals surface area (Å²) in [4.78, 5) is 30.2. The zero-order chi connectivity index (χ0) is 23.8. The van der Waals surface area contributed by atoms with Gasteiger partial charge in [-0.05, 0) is 60.1 Å². The van der Waals surface area contributed by atoms with Crippen molar-refractivity contribution in [2.45, 2.75) is 78.3 Å². The summed E-state index contributed by atoms with van der Waals surface area (Å²) >= 11 is 0. The Bertz CT molecular complexity index is 881. The third-order valence-corrected chi connectivity index (χ3v) is 6.50. The number of hydrogen-bond donors (Lipinski definition) is 0. The highest BCUT2D eigenvalue weighted by atomic mass is 16.2. The Morgan fingerprint density at radius 2 is 0.906 bits per heavy atom. The van der Waals surface area contributed by atoms with Gasteiger partial charge in [0.15, 0.2) is 0 Å². The Morgan fingerprint density at radius 3 is 1.16 bits per heavy atom. The fourth-order valence-corrected chi connectivity index (χ4v) is 4.25. The zero-order valence-electron chi connectivity index (χ0n) is 20.9. The topological polar surface area (TPSA) is 40.6 Å². The van der Waals surface area contributed by atoms with Crippen LogP contribution in [0.4, 0.5) is 0 Å². The molecule has 0 aromatic heterocycles. The van der Waals surface area contributed by atoms with Gasteiger partial charge in [-0.1, -0.05) is 65.8 Å². The summed E-state index contributed by atoms with van der Waals surface area (Å²) in [6, 6.07) is 15.8. The van der Waals surface area contributed by atoms with Gasteiger partial charge in [-0.3, -0.25) is 9.59 Å². The van der Waals surface area contributed by atoms with E-state index in [1.54, 1.807) is 0 Å². The molecule has 1 aliphatic rings. The summed E-state index contributed by atoms with van der Waals surface area (Å²) in [6.07, 6.45) is 0. The molecule has 2 unspecified atom stereocenters. The first-order valence-corrected chi connectivity index (χ1v) is 11.6. The summed E-state index contributed by atoms with van der Waals surface area (Å²) in [5.74, 6) is 0.0675. The third kappa shape index (κ3) is 5.06. The lowest BCUT2D eigenvalue weighted by Crippen LogP contribution is -2.59. The molecule has 1 aliphatic heterocycles. The van der Waals surface area contributed by atoms with Crippen LogP contribution in [0.2, 0.25) is 0 Å². The summed E-state index contributed by atoms with van der Waals surface area (Å²) in [5, 5.41) is 0. The predicted molar refractivity (Wildman–Crippen MR) is 131 cm³/mol. The second-order valence-electron chi connectivity index (χ2n) is 11.3. The van der Waals surface area contributed by atoms with Crippen LogP contribution >= 0.6 is 0 Å². The number of carbonyl (C=O) groups is 2. The summed E-state index contributed by atoms with van der Waals surface area (Å²) < 4.78 is 0. The molecule has 172 valence electrons. The van der Waals surface area contributed by atoms with E-state index in [0.717, 1.165) is 0 Å². The van der Waals surface area contributed by atoms with Crippen LogP contribution in [-0.2, 0) is 10.8 Å². The summed E-state index contributed by atoms with van der Waals surface area (Å²) in [7, 11) is 0. The second kappa shape index (κ2) is 8.73. The molecule has 0 saturated carbocycles. The van der Waals surface area contributed by atoms with Crippen LogP contribution in [0.5, 0.6) is 0 Å². The predicted octanol–water partition coefficient (Wildman–Crippen LogP) is 5.66. The van der Waals surface area contributed by atoms with Crippen LogP contribution in [0.3, 0.4) is 0 Å². The van der Waals surface area contributed by atoms with Gasteiger partial charge in [0.1, 0.15) is 0 Å². The fourth-order valence-electron chi connectivity index (χ4n) is 4.25. The van der Waals surface area contributed by atoms with Gasteiger partial charge in [0.2, 0.25) is 0 Å². The molecule has 2 aromatic carbocycles. The number of rotatable bonds is 2. The first kappa shape index (κ1) is 24.0. The maximum Gasteiger partial charge on any atom is 0.254 e. The Morgan fingerprint density at radius 1 is 0.625 bits per heavy atom. The molecule has 2 aromatic rings. The van der Waals surface area contributed by atoms with Crippen molar-refractivity contribution in [1.82, 2.24) is 9.80 Å². The maximum absolute atomic E-state index is 13.2. The van der Waals surface area contributed by atoms with E-state index in [-0.39, 0.29) is 34.7 Å². The van der Waals surface area contributed by atoms with Crippen LogP contribution in [0.25, 0.3) is 0 Å². The lowest BCUT2D eigenvalue weighted by Gasteiger charge is -2.44. The van der Waals surface area contributed by atoms with E-state index in [1.807, 2.05) is 72.2 Å². The number of carbonyl (C=O) groups excluding carboxylic acids is 2. The van der Waals surface area contributed by atoms with Crippen molar-refractivity contribution in [2.24, 2.45) is 0 Å². The van der Waals surface area contributed by atoms with Gasteiger partial charge in [-0.15, -0.1) is 0 Å². The van der Waals surface area contributed by atoms with Crippen LogP contribution in [-0.4, -0.2) is 46.8 Å². The minimum absolute atomic E-state index is 0.0337. The highest BCUT2D eigenvalue weighted by Crippen LogP contribution is 2.26. The van der Waals surface area contributed by atoms with E-state index >= 15 is 0 Å². The van der Waals surface area contributed by atoms with Crippen molar-refractivity contribution in [3.05, 3.63) is 70.8 Å². The first-order valence-electron chi connectivity index (χ1n) is 11.6. The van der Waals surface area contributed by atoms with Gasteiger partial charge in [0.25, 0.3) is 11.8 Å². The molecule has 32 heavy (non-hydrogen) atoms. The van der Waals surface area contributed by atoms with E-state index in [2.05, 4.69) is 41.5 Å². The highest BCUT2D eigenvalue weighted by molar-refractivity contribution is 5.96. The monoisotopic (exact) mass is 434 g/mol. The number of benzene rings is 2. The van der Waals surface area contributed by atoms with Crippen molar-refractivity contribution in [2.75, 3.05) is 13.1 Å². The highest BCUT2D eigenvalue weighted by Gasteiger charge is 2.35. The smallest absolute Gasteiger partial charge is 0.254 e. The standard InChI is InChI=1S/C28H38N2O2/c1-19-17-30(26(32)22-11-15-24(16-12-22)28(6,7)8)20(2)18-29(19)25(31)21-9-13-23(14-10-21)27(3,4)5/h9-16,19-20H,17-18H2,1-8H3. The summed E-state index contributed by atoms with van der Waals surface area (Å²) in [6.45, 7) is 18.1. The number of amides is 2. The molecular weight excluding hydrogens is 396 g/mol. The van der Waals surface area contributed by atoms with Crippen LogP contribution in [0.1, 0.15) is 87.2 Å². The average Bonchev–Trinajstić information content (AvgIpc) is 2.73. The molecule has 2 atom stereocenters. The van der Waals surface area contributed by atoms with Crippen molar-refractivity contribution >= 4 is 11.8 Å². The Labute approximate surface area is 193 Å². The molecule has 0 radical (unpaired) electrons. The Hall–Kier alpha value is -2.62. The van der Waals surface area contributed by atoms with Crippen LogP contribution < -0.4 is 0 Å². The van der Waals surface area contributed by atoms with E-state index < -0.39 is 0 Å². The lowest BCUT2D eigenvalue weighted by atomic mass is 9.86. The minimum Gasteiger partial charge on any atom is -0.332 e. The summed E-state index contributed by atoms with van der Waals surface area (Å²) in [5.41, 5.74) is 3.94. The largest absolute Gasteiger partial charge is 0.332 e. The van der Waals surface area contributed by atoms with Gasteiger partial charge < -0.3 is 9.80 Å². The molecule has 1 fully saturated rings. The van der Waals surface area contributed by atoms with Gasteiger partial charge in [-0.25, -0.2) is 0 Å². The van der Waals surface area contributed by atoms with Gasteiger partial charge in [0, 0.05) is 36.3 Å². The van der Waals surface area contributed by atoms with Gasteiger partial charge >= 0.3 is 0 Å². The molecule has 3 rings (SSSR count). The maximum atomic E-state index is 13.2. The average molecular weight is 435 g/mol. The fraction of sp³-hybridized carbons (Fsp3) is 0.500. The molecule has 0 N–H and O–H groups in total. The van der Waals surface area contributed by atoms with Crippen molar-refractivity contribution < 1.29 is 9.59 Å². The molecule has 0 aliphatic carbocycles. The zero-order valence-corrected chi connectivity index (χ0v) is 20.9. The Kier molecular flexibility index (Phi) is 6.55. The molecule has 2 amide bonds. The normalized spacial score (nSPS) is 19.8. The van der Waals surface area contributed by atoms with E-state index in [9.17, 15) is 9.59 Å². The van der Waals surface area contributed by atoms with E-state index in [1.165, 1.54) is 11.1 Å². The van der Waals surface area contributed by atoms with E-state index in [4.69, 9.17) is 0 Å². The third-order valence-electron chi connectivity index (χ3n) is 6.50. The lowest BCUT2D eigenvalue weighted by molar-refractivity contribution is 0.0270. The molecule has 4 heteroatoms. The number of hydrogen-bond acceptors (Lipinski definition) is 2. The molecular formula is C28H38N2O2. The second-order valence-corrected chi connectivity index (χ2v) is 11.3. The number of piperazine rings is 1. The minimum atomic E-state index is -0.0428. The number of nitrogens with zero attached hydrogens (tertiary/aromatic N) is 2. The quantitative estimate of drug-likeness (QED) is 0.612. The first-order chi connectivity index (χ1) is 14.8. The van der Waals surface area contributed by atoms with Gasteiger partial charge in [0.05, 0.1) is 0 Å². The molecule has 0 bridgehead atoms. The molecule has 4 nitrogen and oxygen atoms in total. The molecule has 0 spiro atoms. The van der Waals surface area contributed by atoms with Crippen molar-refractivity contribution in [1.29, 1.82) is 0 Å². The van der Waals surface area contributed by atoms with Crippen LogP contribution in [0, 0.1) is 0 Å². The van der Waals surface area contributed by atoms with Gasteiger partial charge in [-0.2, -0.15) is 0 Å². The molecule has 1 heterocycles. The Balaban J connectivity index is 1.72. The van der Waals surface area contributed by atoms with E-state index in [0.29, 0.717) is 24.2 Å². The van der Waals surface area contributed by atoms with Crippen molar-refractivity contribution in [3.8, 4) is 0 Å². The SMILES string of the molecule is CC1CN(C(=O)c2ccc(C(C)(C)C)cc2)C(C)CN1C(=O)c1ccc(C(C)(C)C)cc1. The van der Waals surface area contributed by atoms with Crippen LogP contribution in [0.15, 0.2) is 48.5 Å². The van der Waals surface area contributed by atoms with Crippen molar-refractivity contribution in [3.63, 3.8) is 0 Å². The molecule has 1 saturated heterocycles.